The van der Waals surface area contributed by atoms with Crippen molar-refractivity contribution in [1.29, 1.82) is 0 Å². The van der Waals surface area contributed by atoms with Gasteiger partial charge in [0.2, 0.25) is 0 Å². The largest absolute Gasteiger partial charge is 0.460 e. The van der Waals surface area contributed by atoms with Crippen LogP contribution in [0.15, 0.2) is 22.7 Å². The Labute approximate surface area is 69.8 Å². The minimum atomic E-state index is 0.764. The second-order valence-corrected chi connectivity index (χ2v) is 2.69. The van der Waals surface area contributed by atoms with E-state index in [-0.39, 0.29) is 0 Å². The van der Waals surface area contributed by atoms with Gasteiger partial charge in [-0.2, -0.15) is 0 Å². The summed E-state index contributed by atoms with van der Waals surface area (Å²) in [6, 6.07) is 3.80. The van der Waals surface area contributed by atoms with Crippen molar-refractivity contribution in [3.05, 3.63) is 24.1 Å². The summed E-state index contributed by atoms with van der Waals surface area (Å²) in [5.74, 6) is 1.65. The molecule has 0 N–H and O–H groups in total. The zero-order chi connectivity index (χ0) is 8.55. The lowest BCUT2D eigenvalue weighted by Gasteiger charge is -1.85. The van der Waals surface area contributed by atoms with Gasteiger partial charge in [0.05, 0.1) is 6.20 Å². The monoisotopic (exact) mass is 163 g/mol. The van der Waals surface area contributed by atoms with Gasteiger partial charge in [0.25, 0.3) is 0 Å². The Morgan fingerprint density at radius 2 is 2.25 bits per heavy atom. The quantitative estimate of drug-likeness (QED) is 0.638. The van der Waals surface area contributed by atoms with E-state index in [2.05, 4.69) is 10.3 Å². The summed E-state index contributed by atoms with van der Waals surface area (Å²) in [5.41, 5.74) is 0.769. The minimum absolute atomic E-state index is 0.764. The zero-order valence-corrected chi connectivity index (χ0v) is 6.98. The van der Waals surface area contributed by atoms with Crippen molar-refractivity contribution in [1.82, 2.24) is 15.0 Å². The summed E-state index contributed by atoms with van der Waals surface area (Å²) in [4.78, 5) is 0. The number of rotatable bonds is 1. The number of aryl methyl sites for hydroxylation is 2. The maximum absolute atomic E-state index is 5.37. The Bertz CT molecular complexity index is 350. The average molecular weight is 163 g/mol. The van der Waals surface area contributed by atoms with Crippen LogP contribution < -0.4 is 0 Å². The van der Waals surface area contributed by atoms with Crippen LogP contribution >= 0.6 is 0 Å². The Kier molecular flexibility index (Phi) is 1.46. The summed E-state index contributed by atoms with van der Waals surface area (Å²) in [6.07, 6.45) is 1.82. The molecule has 62 valence electrons. The summed E-state index contributed by atoms with van der Waals surface area (Å²) in [5, 5.41) is 7.73. The van der Waals surface area contributed by atoms with Crippen LogP contribution in [0.1, 0.15) is 5.76 Å². The molecule has 0 aromatic carbocycles. The normalized spacial score (nSPS) is 10.5. The number of hydrogen-bond acceptors (Lipinski definition) is 3. The van der Waals surface area contributed by atoms with E-state index >= 15 is 0 Å². The van der Waals surface area contributed by atoms with Crippen LogP contribution in [0.3, 0.4) is 0 Å². The molecule has 0 unspecified atom stereocenters. The molecule has 0 saturated heterocycles. The molecule has 0 aliphatic heterocycles. The first-order valence-electron chi connectivity index (χ1n) is 3.69. The molecule has 2 aromatic heterocycles. The Morgan fingerprint density at radius 3 is 2.75 bits per heavy atom. The van der Waals surface area contributed by atoms with Crippen molar-refractivity contribution in [2.24, 2.45) is 7.05 Å². The van der Waals surface area contributed by atoms with Gasteiger partial charge < -0.3 is 4.42 Å². The van der Waals surface area contributed by atoms with Crippen LogP contribution in [-0.4, -0.2) is 15.0 Å². The fourth-order valence-electron chi connectivity index (χ4n) is 1.03. The molecule has 0 atom stereocenters. The van der Waals surface area contributed by atoms with Gasteiger partial charge in [-0.25, -0.2) is 0 Å². The molecule has 12 heavy (non-hydrogen) atoms. The van der Waals surface area contributed by atoms with Gasteiger partial charge in [-0.15, -0.1) is 5.10 Å². The second kappa shape index (κ2) is 2.48. The molecular weight excluding hydrogens is 154 g/mol. The van der Waals surface area contributed by atoms with Crippen LogP contribution in [0.4, 0.5) is 0 Å². The molecular formula is C8H9N3O. The summed E-state index contributed by atoms with van der Waals surface area (Å²) in [6.45, 7) is 1.90. The molecule has 0 amide bonds. The standard InChI is InChI=1S/C8H9N3O/c1-6-3-4-8(12-6)7-5-11(2)10-9-7/h3-5H,1-2H3. The van der Waals surface area contributed by atoms with Crippen LogP contribution in [0.5, 0.6) is 0 Å². The van der Waals surface area contributed by atoms with Crippen LogP contribution in [0, 0.1) is 6.92 Å². The predicted octanol–water partition coefficient (Wildman–Crippen LogP) is 1.38. The Morgan fingerprint density at radius 1 is 1.42 bits per heavy atom. The van der Waals surface area contributed by atoms with Crippen molar-refractivity contribution in [2.75, 3.05) is 0 Å². The second-order valence-electron chi connectivity index (χ2n) is 2.69. The summed E-state index contributed by atoms with van der Waals surface area (Å²) < 4.78 is 7.01. The number of hydrogen-bond donors (Lipinski definition) is 0. The molecule has 4 nitrogen and oxygen atoms in total. The fraction of sp³-hybridized carbons (Fsp3) is 0.250. The molecule has 4 heteroatoms. The molecule has 2 aromatic rings. The maximum Gasteiger partial charge on any atom is 0.156 e. The molecule has 2 rings (SSSR count). The molecule has 0 bridgehead atoms. The molecule has 0 saturated carbocycles. The SMILES string of the molecule is Cc1ccc(-c2cn(C)nn2)o1. The van der Waals surface area contributed by atoms with Crippen molar-refractivity contribution < 1.29 is 4.42 Å². The zero-order valence-electron chi connectivity index (χ0n) is 6.98. The van der Waals surface area contributed by atoms with E-state index in [1.54, 1.807) is 4.68 Å². The minimum Gasteiger partial charge on any atom is -0.460 e. The van der Waals surface area contributed by atoms with Gasteiger partial charge in [0.15, 0.2) is 5.76 Å². The lowest BCUT2D eigenvalue weighted by atomic mass is 10.3. The highest BCUT2D eigenvalue weighted by molar-refractivity contribution is 5.49. The number of furan rings is 1. The molecule has 2 heterocycles. The third-order valence-electron chi connectivity index (χ3n) is 1.60. The molecule has 0 fully saturated rings. The average Bonchev–Trinajstić information content (AvgIpc) is 2.58. The number of aromatic nitrogens is 3. The van der Waals surface area contributed by atoms with Gasteiger partial charge in [-0.3, -0.25) is 4.68 Å². The number of nitrogens with zero attached hydrogens (tertiary/aromatic N) is 3. The van der Waals surface area contributed by atoms with Gasteiger partial charge in [-0.1, -0.05) is 5.21 Å². The first-order chi connectivity index (χ1) is 5.75. The molecule has 0 radical (unpaired) electrons. The molecule has 0 spiro atoms. The topological polar surface area (TPSA) is 43.9 Å². The van der Waals surface area contributed by atoms with Crippen LogP contribution in [0.25, 0.3) is 11.5 Å². The van der Waals surface area contributed by atoms with E-state index in [0.717, 1.165) is 17.2 Å². The highest BCUT2D eigenvalue weighted by Gasteiger charge is 2.05. The highest BCUT2D eigenvalue weighted by Crippen LogP contribution is 2.18. The van der Waals surface area contributed by atoms with Crippen molar-refractivity contribution in [2.45, 2.75) is 6.92 Å². The van der Waals surface area contributed by atoms with Gasteiger partial charge >= 0.3 is 0 Å². The van der Waals surface area contributed by atoms with E-state index in [4.69, 9.17) is 4.42 Å². The van der Waals surface area contributed by atoms with Crippen LogP contribution in [0.2, 0.25) is 0 Å². The van der Waals surface area contributed by atoms with Crippen molar-refractivity contribution in [3.63, 3.8) is 0 Å². The summed E-state index contributed by atoms with van der Waals surface area (Å²) in [7, 11) is 1.83. The van der Waals surface area contributed by atoms with E-state index in [9.17, 15) is 0 Å². The van der Waals surface area contributed by atoms with Crippen molar-refractivity contribution >= 4 is 0 Å². The van der Waals surface area contributed by atoms with E-state index in [0.29, 0.717) is 0 Å². The maximum atomic E-state index is 5.37. The van der Waals surface area contributed by atoms with Gasteiger partial charge in [-0.05, 0) is 19.1 Å². The fourth-order valence-corrected chi connectivity index (χ4v) is 1.03. The third kappa shape index (κ3) is 1.11. The van der Waals surface area contributed by atoms with E-state index in [1.165, 1.54) is 0 Å². The van der Waals surface area contributed by atoms with Gasteiger partial charge in [0.1, 0.15) is 11.5 Å². The van der Waals surface area contributed by atoms with Gasteiger partial charge in [0, 0.05) is 7.05 Å². The Hall–Kier alpha value is -1.58. The highest BCUT2D eigenvalue weighted by atomic mass is 16.3. The molecule has 0 aliphatic carbocycles. The molecule has 0 aliphatic rings. The lowest BCUT2D eigenvalue weighted by Crippen LogP contribution is -1.85. The van der Waals surface area contributed by atoms with Crippen molar-refractivity contribution in [3.8, 4) is 11.5 Å². The third-order valence-corrected chi connectivity index (χ3v) is 1.60. The predicted molar refractivity (Wildman–Crippen MR) is 43.4 cm³/mol. The first kappa shape index (κ1) is 7.09. The smallest absolute Gasteiger partial charge is 0.156 e. The first-order valence-corrected chi connectivity index (χ1v) is 3.69. The van der Waals surface area contributed by atoms with E-state index in [1.807, 2.05) is 32.3 Å². The van der Waals surface area contributed by atoms with Crippen LogP contribution in [-0.2, 0) is 7.05 Å². The van der Waals surface area contributed by atoms with E-state index < -0.39 is 0 Å². The summed E-state index contributed by atoms with van der Waals surface area (Å²) >= 11 is 0. The Balaban J connectivity index is 2.43. The lowest BCUT2D eigenvalue weighted by molar-refractivity contribution is 0.546.